The molecule has 0 aliphatic heterocycles. The van der Waals surface area contributed by atoms with E-state index in [2.05, 4.69) is 138 Å². The van der Waals surface area contributed by atoms with Gasteiger partial charge in [-0.2, -0.15) is 0 Å². The number of aromatic nitrogens is 1. The van der Waals surface area contributed by atoms with Crippen molar-refractivity contribution in [3.8, 4) is 5.69 Å². The zero-order valence-electron chi connectivity index (χ0n) is 17.6. The number of rotatable bonds is 4. The SMILES string of the molecule is c1ccc(P(c2ccccc2)c2ccc3ccccc3c2-n2ccc3ccccc32)cc1. The summed E-state index contributed by atoms with van der Waals surface area (Å²) in [5.41, 5.74) is 2.52. The van der Waals surface area contributed by atoms with Crippen LogP contribution in [0, 0.1) is 0 Å². The first kappa shape index (κ1) is 19.0. The van der Waals surface area contributed by atoms with Gasteiger partial charge in [0.25, 0.3) is 0 Å². The summed E-state index contributed by atoms with van der Waals surface area (Å²) in [7, 11) is -0.721. The molecule has 1 heterocycles. The Labute approximate surface area is 189 Å². The average Bonchev–Trinajstić information content (AvgIpc) is 3.29. The van der Waals surface area contributed by atoms with Gasteiger partial charge in [-0.3, -0.25) is 0 Å². The lowest BCUT2D eigenvalue weighted by Crippen LogP contribution is -2.24. The van der Waals surface area contributed by atoms with E-state index in [-0.39, 0.29) is 0 Å². The monoisotopic (exact) mass is 427 g/mol. The standard InChI is InChI=1S/C30H22NP/c1-3-13-25(14-4-1)32(26-15-5-2-6-16-26)29-20-19-23-11-7-9-17-27(23)30(29)31-22-21-24-12-8-10-18-28(24)31/h1-22H. The van der Waals surface area contributed by atoms with Crippen LogP contribution in [-0.2, 0) is 0 Å². The summed E-state index contributed by atoms with van der Waals surface area (Å²) >= 11 is 0. The van der Waals surface area contributed by atoms with E-state index in [9.17, 15) is 0 Å². The van der Waals surface area contributed by atoms with Gasteiger partial charge < -0.3 is 4.57 Å². The van der Waals surface area contributed by atoms with E-state index in [1.807, 2.05) is 0 Å². The summed E-state index contributed by atoms with van der Waals surface area (Å²) in [4.78, 5) is 0. The highest BCUT2D eigenvalue weighted by molar-refractivity contribution is 7.80. The molecule has 0 aliphatic rings. The molecular formula is C30H22NP. The van der Waals surface area contributed by atoms with Crippen LogP contribution in [0.2, 0.25) is 0 Å². The second kappa shape index (κ2) is 8.11. The summed E-state index contributed by atoms with van der Waals surface area (Å²) in [6.07, 6.45) is 2.22. The highest BCUT2D eigenvalue weighted by Crippen LogP contribution is 2.38. The maximum Gasteiger partial charge on any atom is 0.0617 e. The van der Waals surface area contributed by atoms with Gasteiger partial charge in [-0.25, -0.2) is 0 Å². The molecule has 2 heteroatoms. The minimum absolute atomic E-state index is 0.721. The third kappa shape index (κ3) is 3.23. The molecule has 0 saturated heterocycles. The van der Waals surface area contributed by atoms with Crippen molar-refractivity contribution in [3.63, 3.8) is 0 Å². The Morgan fingerprint density at radius 1 is 0.469 bits per heavy atom. The Morgan fingerprint density at radius 2 is 1.06 bits per heavy atom. The number of para-hydroxylation sites is 1. The summed E-state index contributed by atoms with van der Waals surface area (Å²) < 4.78 is 2.38. The van der Waals surface area contributed by atoms with Crippen molar-refractivity contribution in [1.82, 2.24) is 4.57 Å². The van der Waals surface area contributed by atoms with Gasteiger partial charge in [-0.15, -0.1) is 0 Å². The zero-order valence-corrected chi connectivity index (χ0v) is 18.5. The first-order valence-electron chi connectivity index (χ1n) is 10.9. The van der Waals surface area contributed by atoms with Crippen LogP contribution in [-0.4, -0.2) is 4.57 Å². The lowest BCUT2D eigenvalue weighted by molar-refractivity contribution is 1.15. The molecule has 1 nitrogen and oxygen atoms in total. The normalized spacial score (nSPS) is 11.4. The minimum Gasteiger partial charge on any atom is -0.315 e. The molecule has 0 unspecified atom stereocenters. The predicted molar refractivity (Wildman–Crippen MR) is 139 cm³/mol. The van der Waals surface area contributed by atoms with Crippen LogP contribution in [0.5, 0.6) is 0 Å². The topological polar surface area (TPSA) is 4.93 Å². The van der Waals surface area contributed by atoms with Crippen LogP contribution in [0.4, 0.5) is 0 Å². The molecule has 0 amide bonds. The van der Waals surface area contributed by atoms with Crippen LogP contribution in [0.25, 0.3) is 27.4 Å². The van der Waals surface area contributed by atoms with Crippen molar-refractivity contribution in [2.75, 3.05) is 0 Å². The molecule has 0 bridgehead atoms. The molecule has 6 rings (SSSR count). The summed E-state index contributed by atoms with van der Waals surface area (Å²) in [6, 6.07) is 46.1. The molecular weight excluding hydrogens is 405 g/mol. The van der Waals surface area contributed by atoms with Crippen molar-refractivity contribution in [2.45, 2.75) is 0 Å². The third-order valence-electron chi connectivity index (χ3n) is 5.99. The molecule has 152 valence electrons. The fourth-order valence-electron chi connectivity index (χ4n) is 4.54. The van der Waals surface area contributed by atoms with Crippen molar-refractivity contribution in [2.24, 2.45) is 0 Å². The quantitative estimate of drug-likeness (QED) is 0.282. The number of fused-ring (bicyclic) bond motifs is 2. The van der Waals surface area contributed by atoms with Crippen LogP contribution < -0.4 is 15.9 Å². The van der Waals surface area contributed by atoms with Gasteiger partial charge in [0.2, 0.25) is 0 Å². The van der Waals surface area contributed by atoms with Gasteiger partial charge in [-0.1, -0.05) is 115 Å². The lowest BCUT2D eigenvalue weighted by Gasteiger charge is -2.24. The van der Waals surface area contributed by atoms with Crippen LogP contribution in [0.15, 0.2) is 134 Å². The van der Waals surface area contributed by atoms with Gasteiger partial charge in [0.1, 0.15) is 0 Å². The Bertz CT molecular complexity index is 1480. The molecule has 0 radical (unpaired) electrons. The Kier molecular flexibility index (Phi) is 4.83. The molecule has 0 spiro atoms. The van der Waals surface area contributed by atoms with Crippen LogP contribution in [0.1, 0.15) is 0 Å². The smallest absolute Gasteiger partial charge is 0.0617 e. The molecule has 0 saturated carbocycles. The summed E-state index contributed by atoms with van der Waals surface area (Å²) in [6.45, 7) is 0. The van der Waals surface area contributed by atoms with E-state index in [0.717, 1.165) is 0 Å². The molecule has 0 N–H and O–H groups in total. The van der Waals surface area contributed by atoms with Crippen LogP contribution >= 0.6 is 7.92 Å². The molecule has 1 aromatic heterocycles. The van der Waals surface area contributed by atoms with Gasteiger partial charge in [0.05, 0.1) is 11.2 Å². The highest BCUT2D eigenvalue weighted by Gasteiger charge is 2.22. The highest BCUT2D eigenvalue weighted by atomic mass is 31.1. The molecule has 6 aromatic rings. The second-order valence-corrected chi connectivity index (χ2v) is 10.1. The van der Waals surface area contributed by atoms with Crippen molar-refractivity contribution >= 4 is 45.5 Å². The first-order chi connectivity index (χ1) is 15.9. The zero-order chi connectivity index (χ0) is 21.3. The maximum absolute atomic E-state index is 2.38. The van der Waals surface area contributed by atoms with Crippen molar-refractivity contribution in [3.05, 3.63) is 134 Å². The van der Waals surface area contributed by atoms with E-state index in [4.69, 9.17) is 0 Å². The summed E-state index contributed by atoms with van der Waals surface area (Å²) in [5, 5.41) is 7.90. The fraction of sp³-hybridized carbons (Fsp3) is 0. The van der Waals surface area contributed by atoms with Gasteiger partial charge in [0.15, 0.2) is 0 Å². The molecule has 5 aromatic carbocycles. The van der Waals surface area contributed by atoms with Crippen molar-refractivity contribution in [1.29, 1.82) is 0 Å². The van der Waals surface area contributed by atoms with E-state index in [1.165, 1.54) is 43.3 Å². The van der Waals surface area contributed by atoms with E-state index < -0.39 is 7.92 Å². The Morgan fingerprint density at radius 3 is 1.78 bits per heavy atom. The number of hydrogen-bond donors (Lipinski definition) is 0. The predicted octanol–water partition coefficient (Wildman–Crippen LogP) is 6.54. The van der Waals surface area contributed by atoms with Crippen LogP contribution in [0.3, 0.4) is 0 Å². The van der Waals surface area contributed by atoms with Gasteiger partial charge >= 0.3 is 0 Å². The third-order valence-corrected chi connectivity index (χ3v) is 8.46. The molecule has 32 heavy (non-hydrogen) atoms. The fourth-order valence-corrected chi connectivity index (χ4v) is 7.00. The second-order valence-electron chi connectivity index (χ2n) is 7.91. The Balaban J connectivity index is 1.72. The van der Waals surface area contributed by atoms with Gasteiger partial charge in [0, 0.05) is 16.9 Å². The number of hydrogen-bond acceptors (Lipinski definition) is 0. The lowest BCUT2D eigenvalue weighted by atomic mass is 10.1. The average molecular weight is 427 g/mol. The number of nitrogens with zero attached hydrogens (tertiary/aromatic N) is 1. The van der Waals surface area contributed by atoms with Gasteiger partial charge in [-0.05, 0) is 41.4 Å². The number of benzene rings is 5. The largest absolute Gasteiger partial charge is 0.315 e. The Hall–Kier alpha value is -3.67. The van der Waals surface area contributed by atoms with E-state index in [1.54, 1.807) is 0 Å². The molecule has 0 aliphatic carbocycles. The van der Waals surface area contributed by atoms with Crippen molar-refractivity contribution < 1.29 is 0 Å². The maximum atomic E-state index is 2.38. The molecule has 0 atom stereocenters. The molecule has 0 fully saturated rings. The summed E-state index contributed by atoms with van der Waals surface area (Å²) in [5.74, 6) is 0. The minimum atomic E-state index is -0.721. The van der Waals surface area contributed by atoms with E-state index in [0.29, 0.717) is 0 Å². The van der Waals surface area contributed by atoms with E-state index >= 15 is 0 Å². The first-order valence-corrected chi connectivity index (χ1v) is 12.2.